The highest BCUT2D eigenvalue weighted by atomic mass is 15.2. The van der Waals surface area contributed by atoms with Crippen LogP contribution in [0.3, 0.4) is 0 Å². The molecule has 1 heterocycles. The average molecular weight is 193 g/mol. The lowest BCUT2D eigenvalue weighted by atomic mass is 9.81. The van der Waals surface area contributed by atoms with Crippen LogP contribution in [0.1, 0.15) is 26.2 Å². The summed E-state index contributed by atoms with van der Waals surface area (Å²) in [7, 11) is 0. The van der Waals surface area contributed by atoms with E-state index in [2.05, 4.69) is 11.0 Å². The van der Waals surface area contributed by atoms with Crippen LogP contribution in [0, 0.1) is 22.7 Å². The van der Waals surface area contributed by atoms with Gasteiger partial charge in [0.05, 0.1) is 12.1 Å². The molecule has 1 aliphatic carbocycles. The Kier molecular flexibility index (Phi) is 2.50. The first kappa shape index (κ1) is 9.95. The first-order chi connectivity index (χ1) is 6.72. The molecule has 14 heavy (non-hydrogen) atoms. The maximum atomic E-state index is 8.89. The molecule has 3 atom stereocenters. The van der Waals surface area contributed by atoms with Crippen LogP contribution >= 0.6 is 0 Å². The SMILES string of the molecule is CC(C#N)N1CC2CCCC2(CN)C1. The van der Waals surface area contributed by atoms with E-state index in [0.29, 0.717) is 5.41 Å². The molecule has 78 valence electrons. The molecular formula is C11H19N3. The first-order valence-electron chi connectivity index (χ1n) is 5.55. The number of hydrogen-bond acceptors (Lipinski definition) is 3. The number of nitriles is 1. The third kappa shape index (κ3) is 1.34. The van der Waals surface area contributed by atoms with Crippen molar-refractivity contribution in [3.05, 3.63) is 0 Å². The van der Waals surface area contributed by atoms with E-state index < -0.39 is 0 Å². The van der Waals surface area contributed by atoms with Gasteiger partial charge < -0.3 is 5.73 Å². The van der Waals surface area contributed by atoms with Gasteiger partial charge in [0.2, 0.25) is 0 Å². The summed E-state index contributed by atoms with van der Waals surface area (Å²) >= 11 is 0. The lowest BCUT2D eigenvalue weighted by Gasteiger charge is -2.27. The van der Waals surface area contributed by atoms with Gasteiger partial charge in [0, 0.05) is 13.1 Å². The van der Waals surface area contributed by atoms with Gasteiger partial charge in [-0.25, -0.2) is 0 Å². The third-order valence-corrected chi connectivity index (χ3v) is 4.21. The number of hydrogen-bond donors (Lipinski definition) is 1. The Labute approximate surface area is 85.9 Å². The van der Waals surface area contributed by atoms with E-state index in [0.717, 1.165) is 25.6 Å². The fraction of sp³-hybridized carbons (Fsp3) is 0.909. The van der Waals surface area contributed by atoms with Crippen molar-refractivity contribution in [1.82, 2.24) is 4.90 Å². The minimum atomic E-state index is 0.0593. The van der Waals surface area contributed by atoms with Gasteiger partial charge in [-0.3, -0.25) is 4.90 Å². The minimum Gasteiger partial charge on any atom is -0.330 e. The van der Waals surface area contributed by atoms with Crippen molar-refractivity contribution in [3.8, 4) is 6.07 Å². The molecule has 1 saturated heterocycles. The average Bonchev–Trinajstić information content (AvgIpc) is 2.72. The van der Waals surface area contributed by atoms with Crippen LogP contribution in [0.25, 0.3) is 0 Å². The lowest BCUT2D eigenvalue weighted by Crippen LogP contribution is -2.37. The second kappa shape index (κ2) is 3.52. The van der Waals surface area contributed by atoms with Gasteiger partial charge in [-0.15, -0.1) is 0 Å². The topological polar surface area (TPSA) is 53.0 Å². The quantitative estimate of drug-likeness (QED) is 0.710. The highest BCUT2D eigenvalue weighted by Gasteiger charge is 2.49. The standard InChI is InChI=1S/C11H19N3/c1-9(5-12)14-6-10-3-2-4-11(10,7-13)8-14/h9-10H,2-4,6-8,13H2,1H3. The summed E-state index contributed by atoms with van der Waals surface area (Å²) in [6.07, 6.45) is 3.91. The molecule has 0 radical (unpaired) electrons. The summed E-state index contributed by atoms with van der Waals surface area (Å²) in [5, 5.41) is 8.89. The summed E-state index contributed by atoms with van der Waals surface area (Å²) in [5.74, 6) is 0.753. The second-order valence-electron chi connectivity index (χ2n) is 4.89. The molecule has 3 nitrogen and oxygen atoms in total. The fourth-order valence-corrected chi connectivity index (χ4v) is 3.17. The van der Waals surface area contributed by atoms with E-state index in [4.69, 9.17) is 11.0 Å². The van der Waals surface area contributed by atoms with Crippen LogP contribution in [0.5, 0.6) is 0 Å². The van der Waals surface area contributed by atoms with Gasteiger partial charge in [-0.1, -0.05) is 6.42 Å². The summed E-state index contributed by atoms with van der Waals surface area (Å²) < 4.78 is 0. The molecule has 2 N–H and O–H groups in total. The van der Waals surface area contributed by atoms with Gasteiger partial charge in [0.15, 0.2) is 0 Å². The summed E-state index contributed by atoms with van der Waals surface area (Å²) in [5.41, 5.74) is 6.26. The molecule has 3 unspecified atom stereocenters. The number of likely N-dealkylation sites (tertiary alicyclic amines) is 1. The summed E-state index contributed by atoms with van der Waals surface area (Å²) in [6, 6.07) is 2.38. The molecule has 0 aromatic rings. The van der Waals surface area contributed by atoms with Crippen LogP contribution in [0.15, 0.2) is 0 Å². The predicted octanol–water partition coefficient (Wildman–Crippen LogP) is 0.959. The Morgan fingerprint density at radius 3 is 3.07 bits per heavy atom. The maximum Gasteiger partial charge on any atom is 0.0949 e. The predicted molar refractivity (Wildman–Crippen MR) is 55.5 cm³/mol. The lowest BCUT2D eigenvalue weighted by molar-refractivity contribution is 0.236. The molecule has 2 rings (SSSR count). The van der Waals surface area contributed by atoms with E-state index in [-0.39, 0.29) is 6.04 Å². The summed E-state index contributed by atoms with van der Waals surface area (Å²) in [6.45, 7) is 4.92. The Balaban J connectivity index is 2.09. The zero-order chi connectivity index (χ0) is 10.2. The molecular weight excluding hydrogens is 174 g/mol. The number of nitrogens with two attached hydrogens (primary N) is 1. The highest BCUT2D eigenvalue weighted by Crippen LogP contribution is 2.48. The molecule has 0 bridgehead atoms. The van der Waals surface area contributed by atoms with Gasteiger partial charge in [-0.2, -0.15) is 5.26 Å². The van der Waals surface area contributed by atoms with E-state index in [1.54, 1.807) is 0 Å². The molecule has 0 aromatic heterocycles. The van der Waals surface area contributed by atoms with Crippen molar-refractivity contribution in [3.63, 3.8) is 0 Å². The Hall–Kier alpha value is -0.590. The van der Waals surface area contributed by atoms with Gasteiger partial charge in [0.1, 0.15) is 0 Å². The molecule has 2 aliphatic rings. The van der Waals surface area contributed by atoms with Crippen molar-refractivity contribution in [2.24, 2.45) is 17.1 Å². The fourth-order valence-electron chi connectivity index (χ4n) is 3.17. The van der Waals surface area contributed by atoms with Crippen LogP contribution in [-0.4, -0.2) is 30.6 Å². The van der Waals surface area contributed by atoms with Crippen molar-refractivity contribution in [2.75, 3.05) is 19.6 Å². The van der Waals surface area contributed by atoms with Crippen molar-refractivity contribution >= 4 is 0 Å². The second-order valence-corrected chi connectivity index (χ2v) is 4.89. The largest absolute Gasteiger partial charge is 0.330 e. The van der Waals surface area contributed by atoms with Gasteiger partial charge >= 0.3 is 0 Å². The third-order valence-electron chi connectivity index (χ3n) is 4.21. The van der Waals surface area contributed by atoms with E-state index >= 15 is 0 Å². The number of nitrogens with zero attached hydrogens (tertiary/aromatic N) is 2. The monoisotopic (exact) mass is 193 g/mol. The van der Waals surface area contributed by atoms with Crippen LogP contribution in [0.4, 0.5) is 0 Å². The number of fused-ring (bicyclic) bond motifs is 1. The smallest absolute Gasteiger partial charge is 0.0949 e. The van der Waals surface area contributed by atoms with E-state index in [1.807, 2.05) is 6.92 Å². The zero-order valence-corrected chi connectivity index (χ0v) is 8.87. The van der Waals surface area contributed by atoms with Crippen LogP contribution < -0.4 is 5.73 Å². The van der Waals surface area contributed by atoms with Gasteiger partial charge in [0.25, 0.3) is 0 Å². The van der Waals surface area contributed by atoms with Crippen LogP contribution in [-0.2, 0) is 0 Å². The normalized spacial score (nSPS) is 39.4. The molecule has 0 amide bonds. The Bertz CT molecular complexity index is 258. The number of rotatable bonds is 2. The van der Waals surface area contributed by atoms with Crippen LogP contribution in [0.2, 0.25) is 0 Å². The van der Waals surface area contributed by atoms with E-state index in [9.17, 15) is 0 Å². The van der Waals surface area contributed by atoms with Gasteiger partial charge in [-0.05, 0) is 37.6 Å². The van der Waals surface area contributed by atoms with Crippen molar-refractivity contribution < 1.29 is 0 Å². The van der Waals surface area contributed by atoms with Crippen molar-refractivity contribution in [2.45, 2.75) is 32.2 Å². The minimum absolute atomic E-state index is 0.0593. The maximum absolute atomic E-state index is 8.89. The molecule has 0 aromatic carbocycles. The first-order valence-corrected chi connectivity index (χ1v) is 5.55. The molecule has 0 spiro atoms. The van der Waals surface area contributed by atoms with Crippen molar-refractivity contribution in [1.29, 1.82) is 5.26 Å². The molecule has 1 aliphatic heterocycles. The summed E-state index contributed by atoms with van der Waals surface area (Å²) in [4.78, 5) is 2.30. The molecule has 1 saturated carbocycles. The zero-order valence-electron chi connectivity index (χ0n) is 8.87. The highest BCUT2D eigenvalue weighted by molar-refractivity contribution is 5.04. The molecule has 2 fully saturated rings. The molecule has 3 heteroatoms. The Morgan fingerprint density at radius 2 is 2.50 bits per heavy atom. The van der Waals surface area contributed by atoms with E-state index in [1.165, 1.54) is 19.3 Å². The Morgan fingerprint density at radius 1 is 1.71 bits per heavy atom.